The topological polar surface area (TPSA) is 132 Å². The molecule has 1 aliphatic rings. The van der Waals surface area contributed by atoms with Crippen LogP contribution in [0.25, 0.3) is 0 Å². The van der Waals surface area contributed by atoms with E-state index in [-0.39, 0.29) is 45.8 Å². The van der Waals surface area contributed by atoms with Gasteiger partial charge in [0, 0.05) is 26.2 Å². The van der Waals surface area contributed by atoms with Crippen LogP contribution < -0.4 is 5.32 Å². The van der Waals surface area contributed by atoms with E-state index >= 15 is 0 Å². The van der Waals surface area contributed by atoms with Crippen molar-refractivity contribution in [2.75, 3.05) is 60.4 Å². The number of thiophene rings is 1. The fourth-order valence-electron chi connectivity index (χ4n) is 3.65. The Morgan fingerprint density at radius 3 is 2.30 bits per heavy atom. The van der Waals surface area contributed by atoms with Crippen LogP contribution in [0.3, 0.4) is 0 Å². The Kier molecular flexibility index (Phi) is 9.35. The number of amides is 2. The molecular formula is C21H29N3O8S. The van der Waals surface area contributed by atoms with Crippen molar-refractivity contribution in [3.05, 3.63) is 16.0 Å². The van der Waals surface area contributed by atoms with Gasteiger partial charge in [0.15, 0.2) is 0 Å². The van der Waals surface area contributed by atoms with Gasteiger partial charge in [0.1, 0.15) is 9.88 Å². The molecule has 1 aromatic rings. The van der Waals surface area contributed by atoms with E-state index in [0.29, 0.717) is 13.1 Å². The first-order chi connectivity index (χ1) is 15.6. The number of ether oxygens (including phenoxy) is 3. The van der Waals surface area contributed by atoms with Crippen LogP contribution in [-0.2, 0) is 35.0 Å². The first-order valence-corrected chi connectivity index (χ1v) is 11.1. The zero-order chi connectivity index (χ0) is 24.7. The first kappa shape index (κ1) is 26.3. The number of nitrogens with zero attached hydrogens (tertiary/aromatic N) is 2. The third-order valence-corrected chi connectivity index (χ3v) is 6.36. The first-order valence-electron chi connectivity index (χ1n) is 10.2. The number of nitrogens with one attached hydrogen (secondary N) is 1. The van der Waals surface area contributed by atoms with Gasteiger partial charge in [0.2, 0.25) is 11.8 Å². The van der Waals surface area contributed by atoms with Crippen LogP contribution in [0.1, 0.15) is 38.4 Å². The second kappa shape index (κ2) is 11.8. The molecule has 1 aliphatic heterocycles. The van der Waals surface area contributed by atoms with Crippen LogP contribution in [0.5, 0.6) is 0 Å². The second-order valence-corrected chi connectivity index (χ2v) is 8.73. The van der Waals surface area contributed by atoms with E-state index in [1.807, 2.05) is 4.90 Å². The molecule has 1 unspecified atom stereocenters. The normalized spacial score (nSPS) is 16.0. The minimum absolute atomic E-state index is 0.00435. The lowest BCUT2D eigenvalue weighted by atomic mass is 9.97. The molecule has 0 spiro atoms. The average Bonchev–Trinajstić information content (AvgIpc) is 3.14. The molecule has 0 aromatic carbocycles. The minimum atomic E-state index is -0.815. The fraction of sp³-hybridized carbons (Fsp3) is 0.571. The molecule has 33 heavy (non-hydrogen) atoms. The maximum absolute atomic E-state index is 12.8. The maximum atomic E-state index is 12.8. The zero-order valence-corrected chi connectivity index (χ0v) is 20.2. The number of methoxy groups -OCH3 is 3. The smallest absolute Gasteiger partial charge is 0.348 e. The molecule has 2 rings (SSSR count). The van der Waals surface area contributed by atoms with Gasteiger partial charge in [0.25, 0.3) is 0 Å². The van der Waals surface area contributed by atoms with Crippen molar-refractivity contribution in [2.45, 2.75) is 19.3 Å². The molecule has 0 saturated carbocycles. The molecule has 0 bridgehead atoms. The van der Waals surface area contributed by atoms with Gasteiger partial charge >= 0.3 is 17.9 Å². The van der Waals surface area contributed by atoms with Gasteiger partial charge in [-0.1, -0.05) is 0 Å². The number of esters is 3. The van der Waals surface area contributed by atoms with Crippen molar-refractivity contribution in [3.63, 3.8) is 0 Å². The average molecular weight is 484 g/mol. The van der Waals surface area contributed by atoms with Gasteiger partial charge in [-0.05, 0) is 19.4 Å². The summed E-state index contributed by atoms with van der Waals surface area (Å²) in [5.74, 6) is -2.85. The van der Waals surface area contributed by atoms with Crippen LogP contribution >= 0.6 is 11.3 Å². The van der Waals surface area contributed by atoms with Gasteiger partial charge in [-0.25, -0.2) is 9.59 Å². The molecule has 1 aromatic heterocycles. The van der Waals surface area contributed by atoms with Crippen molar-refractivity contribution < 1.29 is 38.2 Å². The molecule has 12 heteroatoms. The van der Waals surface area contributed by atoms with E-state index in [9.17, 15) is 24.0 Å². The van der Waals surface area contributed by atoms with Crippen LogP contribution in [-0.4, -0.2) is 94.6 Å². The van der Waals surface area contributed by atoms with Crippen LogP contribution in [0, 0.1) is 5.92 Å². The number of hydrogen-bond acceptors (Lipinski definition) is 10. The maximum Gasteiger partial charge on any atom is 0.348 e. The van der Waals surface area contributed by atoms with Crippen LogP contribution in [0.15, 0.2) is 0 Å². The van der Waals surface area contributed by atoms with E-state index in [1.165, 1.54) is 14.2 Å². The third-order valence-electron chi connectivity index (χ3n) is 5.23. The predicted octanol–water partition coefficient (Wildman–Crippen LogP) is 0.776. The molecule has 2 amide bonds. The lowest BCUT2D eigenvalue weighted by Crippen LogP contribution is -2.45. The van der Waals surface area contributed by atoms with Gasteiger partial charge < -0.3 is 24.4 Å². The highest BCUT2D eigenvalue weighted by atomic mass is 32.1. The highest BCUT2D eigenvalue weighted by Gasteiger charge is 2.32. The Morgan fingerprint density at radius 2 is 1.73 bits per heavy atom. The molecule has 2 heterocycles. The quantitative estimate of drug-likeness (QED) is 0.421. The third kappa shape index (κ3) is 6.51. The van der Waals surface area contributed by atoms with E-state index in [1.54, 1.807) is 19.0 Å². The molecule has 0 aliphatic carbocycles. The Hall–Kier alpha value is -2.99. The lowest BCUT2D eigenvalue weighted by Gasteiger charge is -2.32. The standard InChI is InChI=1S/C21H29N3O8S/c1-23(2)19(27)12-7-6-8-24(10-12)11-14(25)22-18-16(20(28)31-4)13(9-15(26)30-3)17(33-18)21(29)32-5/h12H,6-11H2,1-5H3,(H,22,25). The summed E-state index contributed by atoms with van der Waals surface area (Å²) in [5, 5.41) is 2.73. The minimum Gasteiger partial charge on any atom is -0.469 e. The summed E-state index contributed by atoms with van der Waals surface area (Å²) in [6.45, 7) is 1.09. The molecule has 1 saturated heterocycles. The molecule has 11 nitrogen and oxygen atoms in total. The van der Waals surface area contributed by atoms with Crippen molar-refractivity contribution in [2.24, 2.45) is 5.92 Å². The Bertz CT molecular complexity index is 927. The molecule has 0 radical (unpaired) electrons. The lowest BCUT2D eigenvalue weighted by molar-refractivity contribution is -0.139. The highest BCUT2D eigenvalue weighted by Crippen LogP contribution is 2.35. The van der Waals surface area contributed by atoms with Crippen molar-refractivity contribution in [1.29, 1.82) is 0 Å². The summed E-state index contributed by atoms with van der Waals surface area (Å²) >= 11 is 0.820. The number of anilines is 1. The number of likely N-dealkylation sites (tertiary alicyclic amines) is 1. The Labute approximate surface area is 195 Å². The SMILES string of the molecule is COC(=O)Cc1c(C(=O)OC)sc(NC(=O)CN2CCCC(C(=O)N(C)C)C2)c1C(=O)OC. The summed E-state index contributed by atoms with van der Waals surface area (Å²) in [4.78, 5) is 65.1. The summed E-state index contributed by atoms with van der Waals surface area (Å²) in [6, 6.07) is 0. The van der Waals surface area contributed by atoms with Gasteiger partial charge in [-0.15, -0.1) is 11.3 Å². The predicted molar refractivity (Wildman–Crippen MR) is 119 cm³/mol. The zero-order valence-electron chi connectivity index (χ0n) is 19.4. The Morgan fingerprint density at radius 1 is 1.06 bits per heavy atom. The van der Waals surface area contributed by atoms with E-state index in [0.717, 1.165) is 31.3 Å². The molecular weight excluding hydrogens is 454 g/mol. The molecule has 1 fully saturated rings. The number of rotatable bonds is 8. The number of piperidine rings is 1. The number of hydrogen-bond donors (Lipinski definition) is 1. The summed E-state index contributed by atoms with van der Waals surface area (Å²) < 4.78 is 14.2. The number of carbonyl (C=O) groups excluding carboxylic acids is 5. The van der Waals surface area contributed by atoms with Gasteiger partial charge in [0.05, 0.1) is 45.8 Å². The Balaban J connectivity index is 2.27. The monoisotopic (exact) mass is 483 g/mol. The van der Waals surface area contributed by atoms with Crippen LogP contribution in [0.4, 0.5) is 5.00 Å². The summed E-state index contributed by atoms with van der Waals surface area (Å²) in [5.41, 5.74) is -0.0311. The molecule has 182 valence electrons. The van der Waals surface area contributed by atoms with E-state index in [4.69, 9.17) is 9.47 Å². The van der Waals surface area contributed by atoms with Crippen LogP contribution in [0.2, 0.25) is 0 Å². The summed E-state index contributed by atoms with van der Waals surface area (Å²) in [7, 11) is 6.90. The number of carbonyl (C=O) groups is 5. The van der Waals surface area contributed by atoms with Gasteiger partial charge in [-0.2, -0.15) is 0 Å². The van der Waals surface area contributed by atoms with Gasteiger partial charge in [-0.3, -0.25) is 19.3 Å². The van der Waals surface area contributed by atoms with E-state index < -0.39 is 23.8 Å². The molecule has 1 N–H and O–H groups in total. The second-order valence-electron chi connectivity index (χ2n) is 7.71. The highest BCUT2D eigenvalue weighted by molar-refractivity contribution is 7.18. The van der Waals surface area contributed by atoms with Crippen molar-refractivity contribution in [1.82, 2.24) is 9.80 Å². The molecule has 1 atom stereocenters. The fourth-order valence-corrected chi connectivity index (χ4v) is 4.79. The largest absolute Gasteiger partial charge is 0.469 e. The van der Waals surface area contributed by atoms with Crippen molar-refractivity contribution >= 4 is 46.1 Å². The van der Waals surface area contributed by atoms with E-state index in [2.05, 4.69) is 10.1 Å². The summed E-state index contributed by atoms with van der Waals surface area (Å²) in [6.07, 6.45) is 1.16. The van der Waals surface area contributed by atoms with Crippen molar-refractivity contribution in [3.8, 4) is 0 Å².